The van der Waals surface area contributed by atoms with Gasteiger partial charge in [0.1, 0.15) is 12.4 Å². The standard InChI is InChI=1S/C29H26FN3O3/c1-20-9-15-24(16-10-20)32-27(34)17-31-28(35)19-33(18-21-11-13-23(30)14-12-21)29(36)26-8-4-6-22-5-2-3-7-25(22)26/h2-16H,17-19H2,1H3,(H,31,35)(H,32,34). The minimum atomic E-state index is -0.482. The molecule has 7 heteroatoms. The Hall–Kier alpha value is -4.52. The van der Waals surface area contributed by atoms with Crippen molar-refractivity contribution < 1.29 is 18.8 Å². The van der Waals surface area contributed by atoms with Gasteiger partial charge in [0, 0.05) is 17.8 Å². The van der Waals surface area contributed by atoms with Gasteiger partial charge >= 0.3 is 0 Å². The average molecular weight is 484 g/mol. The third-order valence-electron chi connectivity index (χ3n) is 5.71. The number of rotatable bonds is 8. The Labute approximate surface area is 208 Å². The van der Waals surface area contributed by atoms with Crippen molar-refractivity contribution in [2.24, 2.45) is 0 Å². The topological polar surface area (TPSA) is 78.5 Å². The Kier molecular flexibility index (Phi) is 7.70. The van der Waals surface area contributed by atoms with Gasteiger partial charge < -0.3 is 15.5 Å². The van der Waals surface area contributed by atoms with Crippen molar-refractivity contribution in [1.82, 2.24) is 10.2 Å². The van der Waals surface area contributed by atoms with Gasteiger partial charge in [-0.2, -0.15) is 0 Å². The second-order valence-corrected chi connectivity index (χ2v) is 8.51. The molecule has 4 rings (SSSR count). The molecule has 2 N–H and O–H groups in total. The molecule has 3 amide bonds. The fraction of sp³-hybridized carbons (Fsp3) is 0.138. The van der Waals surface area contributed by atoms with Crippen molar-refractivity contribution in [1.29, 1.82) is 0 Å². The van der Waals surface area contributed by atoms with Crippen LogP contribution in [0.3, 0.4) is 0 Å². The third kappa shape index (κ3) is 6.33. The first-order valence-electron chi connectivity index (χ1n) is 11.5. The van der Waals surface area contributed by atoms with Crippen LogP contribution in [0.2, 0.25) is 0 Å². The smallest absolute Gasteiger partial charge is 0.255 e. The number of amides is 3. The zero-order valence-corrected chi connectivity index (χ0v) is 19.8. The Morgan fingerprint density at radius 1 is 0.806 bits per heavy atom. The summed E-state index contributed by atoms with van der Waals surface area (Å²) in [6, 6.07) is 26.0. The zero-order valence-electron chi connectivity index (χ0n) is 19.8. The first-order chi connectivity index (χ1) is 17.4. The molecular formula is C29H26FN3O3. The van der Waals surface area contributed by atoms with Gasteiger partial charge in [-0.25, -0.2) is 4.39 Å². The number of aryl methyl sites for hydroxylation is 1. The number of hydrogen-bond donors (Lipinski definition) is 2. The molecule has 182 valence electrons. The minimum absolute atomic E-state index is 0.102. The molecule has 0 unspecified atom stereocenters. The number of carbonyl (C=O) groups is 3. The van der Waals surface area contributed by atoms with Gasteiger partial charge in [0.15, 0.2) is 0 Å². The van der Waals surface area contributed by atoms with E-state index in [4.69, 9.17) is 0 Å². The second-order valence-electron chi connectivity index (χ2n) is 8.51. The lowest BCUT2D eigenvalue weighted by molar-refractivity contribution is -0.124. The first kappa shape index (κ1) is 24.6. The van der Waals surface area contributed by atoms with Gasteiger partial charge in [0.2, 0.25) is 11.8 Å². The molecule has 4 aromatic carbocycles. The lowest BCUT2D eigenvalue weighted by Crippen LogP contribution is -2.42. The van der Waals surface area contributed by atoms with Crippen LogP contribution < -0.4 is 10.6 Å². The van der Waals surface area contributed by atoms with E-state index >= 15 is 0 Å². The number of anilines is 1. The van der Waals surface area contributed by atoms with Gasteiger partial charge in [-0.1, -0.05) is 66.2 Å². The second kappa shape index (κ2) is 11.3. The predicted octanol–water partition coefficient (Wildman–Crippen LogP) is 4.68. The molecule has 0 heterocycles. The summed E-state index contributed by atoms with van der Waals surface area (Å²) < 4.78 is 13.4. The van der Waals surface area contributed by atoms with Crippen LogP contribution in [-0.2, 0) is 16.1 Å². The number of halogens is 1. The highest BCUT2D eigenvalue weighted by atomic mass is 19.1. The van der Waals surface area contributed by atoms with E-state index in [0.717, 1.165) is 16.3 Å². The minimum Gasteiger partial charge on any atom is -0.345 e. The zero-order chi connectivity index (χ0) is 25.5. The number of hydrogen-bond acceptors (Lipinski definition) is 3. The SMILES string of the molecule is Cc1ccc(NC(=O)CNC(=O)CN(Cc2ccc(F)cc2)C(=O)c2cccc3ccccc23)cc1. The summed E-state index contributed by atoms with van der Waals surface area (Å²) in [6.45, 7) is 1.55. The maximum Gasteiger partial charge on any atom is 0.255 e. The monoisotopic (exact) mass is 483 g/mol. The highest BCUT2D eigenvalue weighted by molar-refractivity contribution is 6.08. The Morgan fingerprint density at radius 2 is 1.50 bits per heavy atom. The molecule has 0 aliphatic rings. The quantitative estimate of drug-likeness (QED) is 0.382. The number of benzene rings is 4. The molecule has 0 aromatic heterocycles. The highest BCUT2D eigenvalue weighted by Gasteiger charge is 2.21. The van der Waals surface area contributed by atoms with E-state index in [9.17, 15) is 18.8 Å². The summed E-state index contributed by atoms with van der Waals surface area (Å²) in [7, 11) is 0. The molecule has 0 atom stereocenters. The molecule has 0 bridgehead atoms. The van der Waals surface area contributed by atoms with E-state index in [1.165, 1.54) is 17.0 Å². The third-order valence-corrected chi connectivity index (χ3v) is 5.71. The van der Waals surface area contributed by atoms with E-state index in [1.807, 2.05) is 49.4 Å². The van der Waals surface area contributed by atoms with E-state index in [2.05, 4.69) is 10.6 Å². The van der Waals surface area contributed by atoms with Gasteiger partial charge in [-0.15, -0.1) is 0 Å². The predicted molar refractivity (Wildman–Crippen MR) is 138 cm³/mol. The number of carbonyl (C=O) groups excluding carboxylic acids is 3. The molecule has 6 nitrogen and oxygen atoms in total. The summed E-state index contributed by atoms with van der Waals surface area (Å²) in [4.78, 5) is 40.0. The van der Waals surface area contributed by atoms with Gasteiger partial charge in [-0.3, -0.25) is 14.4 Å². The summed E-state index contributed by atoms with van der Waals surface area (Å²) in [6.07, 6.45) is 0. The van der Waals surface area contributed by atoms with Crippen molar-refractivity contribution in [2.45, 2.75) is 13.5 Å². The lowest BCUT2D eigenvalue weighted by atomic mass is 10.0. The molecule has 0 aliphatic heterocycles. The average Bonchev–Trinajstić information content (AvgIpc) is 2.89. The van der Waals surface area contributed by atoms with Crippen LogP contribution >= 0.6 is 0 Å². The van der Waals surface area contributed by atoms with Crippen molar-refractivity contribution >= 4 is 34.2 Å². The van der Waals surface area contributed by atoms with Gasteiger partial charge in [0.25, 0.3) is 5.91 Å². The first-order valence-corrected chi connectivity index (χ1v) is 11.5. The largest absolute Gasteiger partial charge is 0.345 e. The lowest BCUT2D eigenvalue weighted by Gasteiger charge is -2.23. The summed E-state index contributed by atoms with van der Waals surface area (Å²) in [5.74, 6) is -1.58. The number of fused-ring (bicyclic) bond motifs is 1. The fourth-order valence-electron chi connectivity index (χ4n) is 3.84. The summed E-state index contributed by atoms with van der Waals surface area (Å²) >= 11 is 0. The molecule has 0 aliphatic carbocycles. The van der Waals surface area contributed by atoms with Crippen LogP contribution in [0.4, 0.5) is 10.1 Å². The molecule has 0 fully saturated rings. The molecule has 0 saturated heterocycles. The highest BCUT2D eigenvalue weighted by Crippen LogP contribution is 2.21. The normalized spacial score (nSPS) is 10.6. The van der Waals surface area contributed by atoms with Crippen LogP contribution in [0.5, 0.6) is 0 Å². The number of nitrogens with one attached hydrogen (secondary N) is 2. The van der Waals surface area contributed by atoms with Crippen molar-refractivity contribution in [3.63, 3.8) is 0 Å². The van der Waals surface area contributed by atoms with Crippen LogP contribution in [0, 0.1) is 12.7 Å². The van der Waals surface area contributed by atoms with E-state index < -0.39 is 5.91 Å². The van der Waals surface area contributed by atoms with Crippen LogP contribution in [-0.4, -0.2) is 35.7 Å². The molecular weight excluding hydrogens is 457 g/mol. The summed E-state index contributed by atoms with van der Waals surface area (Å²) in [5.41, 5.74) is 2.83. The Balaban J connectivity index is 1.47. The maximum absolute atomic E-state index is 13.6. The maximum atomic E-state index is 13.6. The van der Waals surface area contributed by atoms with Crippen molar-refractivity contribution in [2.75, 3.05) is 18.4 Å². The Morgan fingerprint density at radius 3 is 2.25 bits per heavy atom. The van der Waals surface area contributed by atoms with Crippen LogP contribution in [0.15, 0.2) is 91.0 Å². The van der Waals surface area contributed by atoms with Crippen LogP contribution in [0.1, 0.15) is 21.5 Å². The number of nitrogens with zero attached hydrogens (tertiary/aromatic N) is 1. The summed E-state index contributed by atoms with van der Waals surface area (Å²) in [5, 5.41) is 6.98. The van der Waals surface area contributed by atoms with Gasteiger partial charge in [0.05, 0.1) is 6.54 Å². The van der Waals surface area contributed by atoms with Gasteiger partial charge in [-0.05, 0) is 53.6 Å². The van der Waals surface area contributed by atoms with Crippen LogP contribution in [0.25, 0.3) is 10.8 Å². The van der Waals surface area contributed by atoms with Crippen molar-refractivity contribution in [3.05, 3.63) is 114 Å². The van der Waals surface area contributed by atoms with E-state index in [1.54, 1.807) is 36.4 Å². The molecule has 0 saturated carbocycles. The Bertz CT molecular complexity index is 1380. The molecule has 0 radical (unpaired) electrons. The molecule has 36 heavy (non-hydrogen) atoms. The molecule has 4 aromatic rings. The van der Waals surface area contributed by atoms with E-state index in [-0.39, 0.29) is 37.3 Å². The van der Waals surface area contributed by atoms with E-state index in [0.29, 0.717) is 16.8 Å². The fourth-order valence-corrected chi connectivity index (χ4v) is 3.84. The van der Waals surface area contributed by atoms with Crippen molar-refractivity contribution in [3.8, 4) is 0 Å². The molecule has 0 spiro atoms.